The fraction of sp³-hybridized carbons (Fsp3) is 0.158. The Labute approximate surface area is 155 Å². The van der Waals surface area contributed by atoms with Crippen LogP contribution in [0.3, 0.4) is 0 Å². The van der Waals surface area contributed by atoms with Crippen LogP contribution in [0, 0.1) is 0 Å². The van der Waals surface area contributed by atoms with Crippen LogP contribution in [0.4, 0.5) is 5.69 Å². The smallest absolute Gasteiger partial charge is 0.338 e. The van der Waals surface area contributed by atoms with Crippen LogP contribution in [0.2, 0.25) is 5.02 Å². The van der Waals surface area contributed by atoms with E-state index in [0.29, 0.717) is 17.2 Å². The molecule has 0 amide bonds. The topological polar surface area (TPSA) is 43.6 Å². The summed E-state index contributed by atoms with van der Waals surface area (Å²) < 4.78 is 7.02. The van der Waals surface area contributed by atoms with Crippen LogP contribution in [0.1, 0.15) is 17.3 Å². The van der Waals surface area contributed by atoms with Gasteiger partial charge in [0.15, 0.2) is 4.80 Å². The molecular weight excluding hydrogens is 356 g/mol. The molecule has 0 fully saturated rings. The molecule has 4 nitrogen and oxygen atoms in total. The minimum atomic E-state index is -0.319. The molecule has 0 spiro atoms. The number of nitrogens with zero attached hydrogens (tertiary/aromatic N) is 2. The van der Waals surface area contributed by atoms with Crippen molar-refractivity contribution in [1.29, 1.82) is 0 Å². The highest BCUT2D eigenvalue weighted by Gasteiger charge is 2.07. The van der Waals surface area contributed by atoms with Gasteiger partial charge in [0.2, 0.25) is 0 Å². The van der Waals surface area contributed by atoms with E-state index in [4.69, 9.17) is 16.3 Å². The zero-order chi connectivity index (χ0) is 17.8. The van der Waals surface area contributed by atoms with Gasteiger partial charge in [-0.3, -0.25) is 0 Å². The Balaban J connectivity index is 1.89. The van der Waals surface area contributed by atoms with E-state index in [2.05, 4.69) is 10.4 Å². The summed E-state index contributed by atoms with van der Waals surface area (Å²) in [7, 11) is 1.98. The Hall–Kier alpha value is -2.37. The lowest BCUT2D eigenvalue weighted by molar-refractivity contribution is 0.0526. The summed E-state index contributed by atoms with van der Waals surface area (Å²) in [4.78, 5) is 17.2. The maximum absolute atomic E-state index is 11.7. The molecule has 0 bridgehead atoms. The second-order valence-corrected chi connectivity index (χ2v) is 6.62. The first-order valence-electron chi connectivity index (χ1n) is 7.81. The third-order valence-electron chi connectivity index (χ3n) is 3.67. The fourth-order valence-electron chi connectivity index (χ4n) is 2.35. The summed E-state index contributed by atoms with van der Waals surface area (Å²) in [6.45, 7) is 2.15. The Morgan fingerprint density at radius 2 is 1.84 bits per heavy atom. The maximum atomic E-state index is 11.7. The van der Waals surface area contributed by atoms with Crippen molar-refractivity contribution in [2.24, 2.45) is 12.0 Å². The fourth-order valence-corrected chi connectivity index (χ4v) is 3.40. The minimum absolute atomic E-state index is 0.319. The number of aromatic nitrogens is 1. The molecule has 3 rings (SSSR count). The summed E-state index contributed by atoms with van der Waals surface area (Å²) in [5, 5.41) is 2.78. The van der Waals surface area contributed by atoms with Gasteiger partial charge in [-0.15, -0.1) is 11.3 Å². The number of thiazole rings is 1. The van der Waals surface area contributed by atoms with Gasteiger partial charge >= 0.3 is 5.97 Å². The van der Waals surface area contributed by atoms with Crippen LogP contribution in [0.15, 0.2) is 58.9 Å². The third kappa shape index (κ3) is 4.00. The normalized spacial score (nSPS) is 11.6. The number of ether oxygens (including phenoxy) is 1. The molecule has 0 saturated carbocycles. The van der Waals surface area contributed by atoms with Gasteiger partial charge in [0.05, 0.1) is 23.6 Å². The van der Waals surface area contributed by atoms with Crippen LogP contribution in [-0.4, -0.2) is 17.1 Å². The predicted molar refractivity (Wildman–Crippen MR) is 101 cm³/mol. The first-order chi connectivity index (χ1) is 12.1. The Bertz CT molecular complexity index is 941. The highest BCUT2D eigenvalue weighted by Crippen LogP contribution is 2.22. The summed E-state index contributed by atoms with van der Waals surface area (Å²) in [5.41, 5.74) is 3.47. The van der Waals surface area contributed by atoms with E-state index in [-0.39, 0.29) is 5.97 Å². The second kappa shape index (κ2) is 7.68. The van der Waals surface area contributed by atoms with Crippen molar-refractivity contribution in [1.82, 2.24) is 4.57 Å². The average molecular weight is 373 g/mol. The molecule has 0 atom stereocenters. The van der Waals surface area contributed by atoms with E-state index in [1.807, 2.05) is 48.0 Å². The molecule has 0 aliphatic rings. The molecule has 0 aliphatic carbocycles. The van der Waals surface area contributed by atoms with E-state index < -0.39 is 0 Å². The van der Waals surface area contributed by atoms with Crippen LogP contribution in [-0.2, 0) is 11.8 Å². The lowest BCUT2D eigenvalue weighted by Gasteiger charge is -2.03. The third-order valence-corrected chi connectivity index (χ3v) is 4.84. The number of rotatable bonds is 4. The second-order valence-electron chi connectivity index (χ2n) is 5.35. The molecule has 128 valence electrons. The monoisotopic (exact) mass is 372 g/mol. The standard InChI is InChI=1S/C19H17ClN2O2S/c1-3-24-18(23)14-6-10-16(11-7-14)21-19-22(2)17(12-25-19)13-4-8-15(20)9-5-13/h4-12H,3H2,1-2H3. The maximum Gasteiger partial charge on any atom is 0.338 e. The number of carbonyl (C=O) groups is 1. The van der Waals surface area contributed by atoms with Gasteiger partial charge in [-0.25, -0.2) is 9.79 Å². The largest absolute Gasteiger partial charge is 0.462 e. The quantitative estimate of drug-likeness (QED) is 0.616. The highest BCUT2D eigenvalue weighted by atomic mass is 35.5. The van der Waals surface area contributed by atoms with Crippen molar-refractivity contribution in [3.8, 4) is 11.3 Å². The van der Waals surface area contributed by atoms with Crippen LogP contribution in [0.5, 0.6) is 0 Å². The number of hydrogen-bond acceptors (Lipinski definition) is 4. The molecule has 0 unspecified atom stereocenters. The number of benzene rings is 2. The summed E-state index contributed by atoms with van der Waals surface area (Å²) in [5.74, 6) is -0.319. The van der Waals surface area contributed by atoms with E-state index in [0.717, 1.165) is 21.7 Å². The van der Waals surface area contributed by atoms with Gasteiger partial charge in [0.25, 0.3) is 0 Å². The SMILES string of the molecule is CCOC(=O)c1ccc(N=c2scc(-c3ccc(Cl)cc3)n2C)cc1. The van der Waals surface area contributed by atoms with Gasteiger partial charge in [-0.05, 0) is 48.9 Å². The van der Waals surface area contributed by atoms with Gasteiger partial charge in [0.1, 0.15) is 0 Å². The van der Waals surface area contributed by atoms with Gasteiger partial charge in [-0.1, -0.05) is 23.7 Å². The van der Waals surface area contributed by atoms with Gasteiger partial charge < -0.3 is 9.30 Å². The van der Waals surface area contributed by atoms with Crippen molar-refractivity contribution in [2.45, 2.75) is 6.92 Å². The molecule has 6 heteroatoms. The lowest BCUT2D eigenvalue weighted by Crippen LogP contribution is -2.10. The summed E-state index contributed by atoms with van der Waals surface area (Å²) in [6, 6.07) is 14.8. The first-order valence-corrected chi connectivity index (χ1v) is 9.06. The average Bonchev–Trinajstić information content (AvgIpc) is 2.97. The molecule has 3 aromatic rings. The minimum Gasteiger partial charge on any atom is -0.462 e. The molecule has 2 aromatic carbocycles. The molecule has 1 heterocycles. The Morgan fingerprint density at radius 1 is 1.16 bits per heavy atom. The van der Waals surface area contributed by atoms with Gasteiger partial charge in [-0.2, -0.15) is 0 Å². The highest BCUT2D eigenvalue weighted by molar-refractivity contribution is 7.07. The van der Waals surface area contributed by atoms with E-state index in [9.17, 15) is 4.79 Å². The predicted octanol–water partition coefficient (Wildman–Crippen LogP) is 4.82. The van der Waals surface area contributed by atoms with E-state index in [1.54, 1.807) is 30.4 Å². The number of esters is 1. The molecule has 0 radical (unpaired) electrons. The number of carbonyl (C=O) groups excluding carboxylic acids is 1. The van der Waals surface area contributed by atoms with Crippen molar-refractivity contribution in [3.63, 3.8) is 0 Å². The zero-order valence-electron chi connectivity index (χ0n) is 13.9. The van der Waals surface area contributed by atoms with E-state index >= 15 is 0 Å². The van der Waals surface area contributed by atoms with Crippen LogP contribution in [0.25, 0.3) is 11.3 Å². The van der Waals surface area contributed by atoms with E-state index in [1.165, 1.54) is 0 Å². The number of halogens is 1. The zero-order valence-corrected chi connectivity index (χ0v) is 15.5. The molecule has 1 aromatic heterocycles. The molecule has 0 N–H and O–H groups in total. The first kappa shape index (κ1) is 17.5. The molecule has 0 saturated heterocycles. The molecule has 25 heavy (non-hydrogen) atoms. The van der Waals surface area contributed by atoms with Crippen LogP contribution >= 0.6 is 22.9 Å². The van der Waals surface area contributed by atoms with Gasteiger partial charge in [0, 0.05) is 17.5 Å². The Morgan fingerprint density at radius 3 is 2.48 bits per heavy atom. The van der Waals surface area contributed by atoms with Crippen molar-refractivity contribution >= 4 is 34.6 Å². The molecule has 0 aliphatic heterocycles. The van der Waals surface area contributed by atoms with Crippen molar-refractivity contribution in [3.05, 3.63) is 69.3 Å². The van der Waals surface area contributed by atoms with Crippen LogP contribution < -0.4 is 4.80 Å². The molecular formula is C19H17ClN2O2S. The Kier molecular flexibility index (Phi) is 5.36. The summed E-state index contributed by atoms with van der Waals surface area (Å²) >= 11 is 7.51. The lowest BCUT2D eigenvalue weighted by atomic mass is 10.2. The van der Waals surface area contributed by atoms with Crippen molar-refractivity contribution < 1.29 is 9.53 Å². The number of hydrogen-bond donors (Lipinski definition) is 0. The van der Waals surface area contributed by atoms with Crippen molar-refractivity contribution in [2.75, 3.05) is 6.61 Å². The summed E-state index contributed by atoms with van der Waals surface area (Å²) in [6.07, 6.45) is 0.